The zero-order valence-corrected chi connectivity index (χ0v) is 18.0. The molecule has 0 atom stereocenters. The molecule has 0 fully saturated rings. The van der Waals surface area contributed by atoms with E-state index in [1.165, 1.54) is 13.1 Å². The van der Waals surface area contributed by atoms with Gasteiger partial charge in [0.05, 0.1) is 0 Å². The van der Waals surface area contributed by atoms with Crippen molar-refractivity contribution in [3.63, 3.8) is 0 Å². The van der Waals surface area contributed by atoms with Crippen LogP contribution in [0.25, 0.3) is 0 Å². The van der Waals surface area contributed by atoms with Crippen LogP contribution in [0.1, 0.15) is 20.8 Å². The molecule has 3 aromatic rings. The van der Waals surface area contributed by atoms with Gasteiger partial charge in [-0.1, -0.05) is 0 Å². The number of ether oxygens (including phenoxy) is 1. The van der Waals surface area contributed by atoms with Gasteiger partial charge in [0.2, 0.25) is 0 Å². The second-order valence-electron chi connectivity index (χ2n) is 7.56. The van der Waals surface area contributed by atoms with E-state index < -0.39 is 19.2 Å². The van der Waals surface area contributed by atoms with Crippen molar-refractivity contribution in [3.8, 4) is 0 Å². The van der Waals surface area contributed by atoms with Crippen LogP contribution < -0.4 is 13.1 Å². The summed E-state index contributed by atoms with van der Waals surface area (Å²) < 4.78 is 9.51. The Labute approximate surface area is 164 Å². The van der Waals surface area contributed by atoms with Gasteiger partial charge in [-0.05, 0) is 0 Å². The summed E-state index contributed by atoms with van der Waals surface area (Å²) in [7, 11) is 0. The van der Waals surface area contributed by atoms with Gasteiger partial charge in [0, 0.05) is 0 Å². The molecular formula is C24H26AsO2+. The van der Waals surface area contributed by atoms with Gasteiger partial charge in [-0.2, -0.15) is 0 Å². The van der Waals surface area contributed by atoms with Crippen LogP contribution >= 0.6 is 0 Å². The summed E-state index contributed by atoms with van der Waals surface area (Å²) >= 11 is -3.03. The molecule has 3 rings (SSSR count). The van der Waals surface area contributed by atoms with Crippen LogP contribution in [-0.2, 0) is 9.53 Å². The van der Waals surface area contributed by atoms with E-state index in [-0.39, 0.29) is 5.97 Å². The van der Waals surface area contributed by atoms with Crippen LogP contribution in [0.2, 0.25) is 5.21 Å². The third kappa shape index (κ3) is 4.51. The summed E-state index contributed by atoms with van der Waals surface area (Å²) in [4.78, 5) is 13.0. The zero-order valence-electron chi connectivity index (χ0n) is 16.1. The topological polar surface area (TPSA) is 26.3 Å². The van der Waals surface area contributed by atoms with Crippen molar-refractivity contribution < 1.29 is 9.53 Å². The Morgan fingerprint density at radius 1 is 0.704 bits per heavy atom. The fourth-order valence-electron chi connectivity index (χ4n) is 3.34. The van der Waals surface area contributed by atoms with Gasteiger partial charge in [-0.15, -0.1) is 0 Å². The first-order chi connectivity index (χ1) is 12.9. The molecule has 0 saturated heterocycles. The molecule has 138 valence electrons. The molecule has 0 bridgehead atoms. The summed E-state index contributed by atoms with van der Waals surface area (Å²) in [5, 5.41) is 0.410. The molecule has 0 aromatic heterocycles. The molecule has 3 aromatic carbocycles. The quantitative estimate of drug-likeness (QED) is 0.466. The Morgan fingerprint density at radius 2 is 1.04 bits per heavy atom. The molecular weight excluding hydrogens is 395 g/mol. The van der Waals surface area contributed by atoms with Crippen molar-refractivity contribution in [1.82, 2.24) is 0 Å². The van der Waals surface area contributed by atoms with Crippen LogP contribution in [0.15, 0.2) is 91.0 Å². The summed E-state index contributed by atoms with van der Waals surface area (Å²) in [6.07, 6.45) is 0. The number of esters is 1. The average Bonchev–Trinajstić information content (AvgIpc) is 2.67. The van der Waals surface area contributed by atoms with Crippen LogP contribution in [0.5, 0.6) is 0 Å². The fourth-order valence-corrected chi connectivity index (χ4v) is 11.6. The molecule has 0 amide bonds. The maximum absolute atomic E-state index is 13.0. The van der Waals surface area contributed by atoms with Gasteiger partial charge in [0.1, 0.15) is 0 Å². The van der Waals surface area contributed by atoms with Gasteiger partial charge >= 0.3 is 165 Å². The van der Waals surface area contributed by atoms with Gasteiger partial charge < -0.3 is 0 Å². The molecule has 0 radical (unpaired) electrons. The molecule has 3 heteroatoms. The van der Waals surface area contributed by atoms with Crippen LogP contribution in [0.3, 0.4) is 0 Å². The minimum absolute atomic E-state index is 0.133. The van der Waals surface area contributed by atoms with E-state index in [4.69, 9.17) is 4.74 Å². The third-order valence-electron chi connectivity index (χ3n) is 4.38. The molecule has 0 unspecified atom stereocenters. The summed E-state index contributed by atoms with van der Waals surface area (Å²) in [5.74, 6) is -0.133. The molecule has 0 aliphatic heterocycles. The van der Waals surface area contributed by atoms with Crippen molar-refractivity contribution in [2.75, 3.05) is 0 Å². The Balaban J connectivity index is 2.21. The SMILES string of the molecule is CC(C)(C)OC(=O)C[As+](c1ccccc1)(c1ccccc1)c1ccccc1. The average molecular weight is 421 g/mol. The Kier molecular flexibility index (Phi) is 5.87. The first-order valence-corrected chi connectivity index (χ1v) is 13.3. The van der Waals surface area contributed by atoms with E-state index >= 15 is 0 Å². The summed E-state index contributed by atoms with van der Waals surface area (Å²) in [5.41, 5.74) is -0.493. The van der Waals surface area contributed by atoms with Crippen molar-refractivity contribution in [1.29, 1.82) is 0 Å². The van der Waals surface area contributed by atoms with E-state index in [0.29, 0.717) is 5.21 Å². The van der Waals surface area contributed by atoms with Crippen LogP contribution in [0, 0.1) is 0 Å². The summed E-state index contributed by atoms with van der Waals surface area (Å²) in [6.45, 7) is 5.77. The number of carbonyl (C=O) groups is 1. The second-order valence-corrected chi connectivity index (χ2v) is 14.9. The molecule has 0 aliphatic rings. The van der Waals surface area contributed by atoms with Crippen LogP contribution in [-0.4, -0.2) is 25.1 Å². The Bertz CT molecular complexity index is 772. The maximum atomic E-state index is 13.0. The summed E-state index contributed by atoms with van der Waals surface area (Å²) in [6, 6.07) is 31.4. The van der Waals surface area contributed by atoms with Gasteiger partial charge in [-0.3, -0.25) is 0 Å². The van der Waals surface area contributed by atoms with E-state index in [1.54, 1.807) is 0 Å². The zero-order chi connectivity index (χ0) is 19.3. The number of hydrogen-bond acceptors (Lipinski definition) is 2. The van der Waals surface area contributed by atoms with Gasteiger partial charge in [0.15, 0.2) is 0 Å². The van der Waals surface area contributed by atoms with E-state index in [9.17, 15) is 4.79 Å². The van der Waals surface area contributed by atoms with Gasteiger partial charge in [0.25, 0.3) is 0 Å². The third-order valence-corrected chi connectivity index (χ3v) is 13.3. The van der Waals surface area contributed by atoms with E-state index in [1.807, 2.05) is 39.0 Å². The number of hydrogen-bond donors (Lipinski definition) is 0. The normalized spacial score (nSPS) is 11.8. The monoisotopic (exact) mass is 421 g/mol. The molecule has 0 heterocycles. The molecule has 0 N–H and O–H groups in total. The van der Waals surface area contributed by atoms with Crippen molar-refractivity contribution in [3.05, 3.63) is 91.0 Å². The molecule has 27 heavy (non-hydrogen) atoms. The number of benzene rings is 3. The van der Waals surface area contributed by atoms with E-state index in [0.717, 1.165) is 0 Å². The fraction of sp³-hybridized carbons (Fsp3) is 0.208. The van der Waals surface area contributed by atoms with Crippen molar-refractivity contribution in [2.24, 2.45) is 0 Å². The Morgan fingerprint density at radius 3 is 1.33 bits per heavy atom. The molecule has 0 spiro atoms. The predicted molar refractivity (Wildman–Crippen MR) is 115 cm³/mol. The first kappa shape index (κ1) is 19.5. The standard InChI is InChI=1S/C24H26AsO2/c1-24(2,3)27-23(26)19-25(20-13-7-4-8-14-20,21-15-9-5-10-16-21)22-17-11-6-12-18-22/h4-18H,19H2,1-3H3/q+1. The van der Waals surface area contributed by atoms with Crippen molar-refractivity contribution in [2.45, 2.75) is 31.6 Å². The Hall–Kier alpha value is -2.31. The molecule has 2 nitrogen and oxygen atoms in total. The minimum atomic E-state index is -3.03. The van der Waals surface area contributed by atoms with E-state index in [2.05, 4.69) is 72.8 Å². The first-order valence-electron chi connectivity index (χ1n) is 9.19. The van der Waals surface area contributed by atoms with Crippen molar-refractivity contribution >= 4 is 32.6 Å². The van der Waals surface area contributed by atoms with Crippen LogP contribution in [0.4, 0.5) is 0 Å². The second kappa shape index (κ2) is 8.15. The molecule has 0 saturated carbocycles. The predicted octanol–water partition coefficient (Wildman–Crippen LogP) is 3.50. The number of rotatable bonds is 5. The number of carbonyl (C=O) groups excluding carboxylic acids is 1. The molecule has 0 aliphatic carbocycles. The van der Waals surface area contributed by atoms with Gasteiger partial charge in [-0.25, -0.2) is 0 Å².